The molecule has 0 atom stereocenters. The van der Waals surface area contributed by atoms with Gasteiger partial charge in [0.15, 0.2) is 0 Å². The van der Waals surface area contributed by atoms with Gasteiger partial charge in [0, 0.05) is 0 Å². The molecule has 2 aromatic carbocycles. The van der Waals surface area contributed by atoms with Crippen LogP contribution in [0.2, 0.25) is 0 Å². The molecule has 0 fully saturated rings. The lowest BCUT2D eigenvalue weighted by atomic mass is 10.3. The lowest BCUT2D eigenvalue weighted by Gasteiger charge is -1.91. The van der Waals surface area contributed by atoms with Crippen molar-refractivity contribution in [2.24, 2.45) is 10.2 Å². The van der Waals surface area contributed by atoms with Gasteiger partial charge in [-0.2, -0.15) is 10.2 Å². The molecular formula is C13H12N2O3. The Morgan fingerprint density at radius 1 is 0.722 bits per heavy atom. The fourth-order valence-electron chi connectivity index (χ4n) is 1.10. The van der Waals surface area contributed by atoms with Crippen LogP contribution in [0.4, 0.5) is 16.2 Å². The second-order valence-electron chi connectivity index (χ2n) is 3.15. The molecule has 18 heavy (non-hydrogen) atoms. The van der Waals surface area contributed by atoms with E-state index in [9.17, 15) is 0 Å². The van der Waals surface area contributed by atoms with Crippen molar-refractivity contribution < 1.29 is 15.0 Å². The zero-order chi connectivity index (χ0) is 13.2. The minimum atomic E-state index is -1.83. The van der Waals surface area contributed by atoms with Gasteiger partial charge in [0.25, 0.3) is 0 Å². The summed E-state index contributed by atoms with van der Waals surface area (Å²) >= 11 is 0. The van der Waals surface area contributed by atoms with E-state index < -0.39 is 6.16 Å². The highest BCUT2D eigenvalue weighted by atomic mass is 16.6. The predicted molar refractivity (Wildman–Crippen MR) is 67.7 cm³/mol. The minimum Gasteiger partial charge on any atom is -0.450 e. The number of carboxylic acid groups (broad SMARTS) is 2. The van der Waals surface area contributed by atoms with Gasteiger partial charge in [0.2, 0.25) is 0 Å². The Kier molecular flexibility index (Phi) is 5.62. The Bertz CT molecular complexity index is 453. The molecule has 0 aliphatic heterocycles. The average Bonchev–Trinajstić information content (AvgIpc) is 2.38. The normalized spacial score (nSPS) is 9.56. The van der Waals surface area contributed by atoms with E-state index in [0.717, 1.165) is 11.4 Å². The number of hydrogen-bond donors (Lipinski definition) is 2. The maximum atomic E-state index is 8.56. The van der Waals surface area contributed by atoms with E-state index >= 15 is 0 Å². The summed E-state index contributed by atoms with van der Waals surface area (Å²) in [5.74, 6) is 0. The summed E-state index contributed by atoms with van der Waals surface area (Å²) < 4.78 is 0. The zero-order valence-electron chi connectivity index (χ0n) is 9.47. The fourth-order valence-corrected chi connectivity index (χ4v) is 1.10. The Hall–Kier alpha value is -2.69. The molecule has 5 nitrogen and oxygen atoms in total. The number of hydrogen-bond acceptors (Lipinski definition) is 3. The van der Waals surface area contributed by atoms with E-state index in [1.807, 2.05) is 60.7 Å². The summed E-state index contributed by atoms with van der Waals surface area (Å²) in [6.45, 7) is 0. The molecule has 0 saturated heterocycles. The van der Waals surface area contributed by atoms with E-state index in [4.69, 9.17) is 15.0 Å². The van der Waals surface area contributed by atoms with Gasteiger partial charge >= 0.3 is 6.16 Å². The molecule has 0 aliphatic rings. The second-order valence-corrected chi connectivity index (χ2v) is 3.15. The molecule has 92 valence electrons. The maximum Gasteiger partial charge on any atom is 0.503 e. The molecule has 0 aliphatic carbocycles. The predicted octanol–water partition coefficient (Wildman–Crippen LogP) is 4.32. The molecule has 0 saturated carbocycles. The first-order valence-electron chi connectivity index (χ1n) is 5.12. The van der Waals surface area contributed by atoms with Crippen LogP contribution < -0.4 is 0 Å². The molecular weight excluding hydrogens is 232 g/mol. The van der Waals surface area contributed by atoms with Crippen LogP contribution in [0, 0.1) is 0 Å². The topological polar surface area (TPSA) is 82.2 Å². The Labute approximate surface area is 104 Å². The first-order chi connectivity index (χ1) is 8.68. The smallest absolute Gasteiger partial charge is 0.450 e. The standard InChI is InChI=1S/C12H10N2.CH2O3/c1-3-7-11(8-4-1)13-14-12-9-5-2-6-10-12;2-1(3)4/h1-10H;(H2,2,3,4). The highest BCUT2D eigenvalue weighted by Gasteiger charge is 1.86. The molecule has 0 spiro atoms. The maximum absolute atomic E-state index is 8.56. The second kappa shape index (κ2) is 7.56. The van der Waals surface area contributed by atoms with Crippen molar-refractivity contribution in [2.45, 2.75) is 0 Å². The first-order valence-corrected chi connectivity index (χ1v) is 5.12. The monoisotopic (exact) mass is 244 g/mol. The summed E-state index contributed by atoms with van der Waals surface area (Å²) in [5.41, 5.74) is 1.74. The molecule has 0 aromatic heterocycles. The third kappa shape index (κ3) is 6.02. The van der Waals surface area contributed by atoms with Crippen molar-refractivity contribution in [3.63, 3.8) is 0 Å². The van der Waals surface area contributed by atoms with Crippen LogP contribution >= 0.6 is 0 Å². The van der Waals surface area contributed by atoms with E-state index in [0.29, 0.717) is 0 Å². The van der Waals surface area contributed by atoms with Crippen LogP contribution in [-0.4, -0.2) is 16.4 Å². The van der Waals surface area contributed by atoms with Crippen LogP contribution in [0.5, 0.6) is 0 Å². The molecule has 2 rings (SSSR count). The van der Waals surface area contributed by atoms with Gasteiger partial charge in [0.1, 0.15) is 0 Å². The number of azo groups is 1. The molecule has 0 heterocycles. The Morgan fingerprint density at radius 2 is 1.00 bits per heavy atom. The van der Waals surface area contributed by atoms with Gasteiger partial charge in [-0.05, 0) is 24.3 Å². The van der Waals surface area contributed by atoms with Gasteiger partial charge in [-0.15, -0.1) is 0 Å². The Balaban J connectivity index is 0.000000357. The van der Waals surface area contributed by atoms with Gasteiger partial charge in [-0.3, -0.25) is 0 Å². The SMILES string of the molecule is O=C(O)O.c1ccc(N=Nc2ccccc2)cc1. The Morgan fingerprint density at radius 3 is 1.28 bits per heavy atom. The van der Waals surface area contributed by atoms with E-state index in [-0.39, 0.29) is 0 Å². The molecule has 0 amide bonds. The molecule has 0 unspecified atom stereocenters. The van der Waals surface area contributed by atoms with Crippen molar-refractivity contribution >= 4 is 17.5 Å². The highest BCUT2D eigenvalue weighted by Crippen LogP contribution is 2.16. The zero-order valence-corrected chi connectivity index (χ0v) is 9.47. The summed E-state index contributed by atoms with van der Waals surface area (Å²) in [6, 6.07) is 19.4. The summed E-state index contributed by atoms with van der Waals surface area (Å²) in [5, 5.41) is 22.1. The third-order valence-corrected chi connectivity index (χ3v) is 1.79. The first kappa shape index (κ1) is 13.4. The number of benzene rings is 2. The largest absolute Gasteiger partial charge is 0.503 e. The minimum absolute atomic E-state index is 0.872. The van der Waals surface area contributed by atoms with Crippen molar-refractivity contribution in [3.8, 4) is 0 Å². The van der Waals surface area contributed by atoms with Crippen LogP contribution in [0.15, 0.2) is 70.9 Å². The summed E-state index contributed by atoms with van der Waals surface area (Å²) in [6.07, 6.45) is -1.83. The van der Waals surface area contributed by atoms with Gasteiger partial charge < -0.3 is 10.2 Å². The number of nitrogens with zero attached hydrogens (tertiary/aromatic N) is 2. The van der Waals surface area contributed by atoms with Gasteiger partial charge in [-0.1, -0.05) is 36.4 Å². The molecule has 0 radical (unpaired) electrons. The van der Waals surface area contributed by atoms with Crippen LogP contribution in [0.1, 0.15) is 0 Å². The highest BCUT2D eigenvalue weighted by molar-refractivity contribution is 5.53. The molecule has 2 aromatic rings. The van der Waals surface area contributed by atoms with Gasteiger partial charge in [-0.25, -0.2) is 4.79 Å². The van der Waals surface area contributed by atoms with E-state index in [2.05, 4.69) is 10.2 Å². The van der Waals surface area contributed by atoms with Crippen molar-refractivity contribution in [1.29, 1.82) is 0 Å². The van der Waals surface area contributed by atoms with Crippen LogP contribution in [0.3, 0.4) is 0 Å². The molecule has 0 bridgehead atoms. The van der Waals surface area contributed by atoms with Crippen molar-refractivity contribution in [3.05, 3.63) is 60.7 Å². The number of carbonyl (C=O) groups is 1. The molecule has 2 N–H and O–H groups in total. The number of rotatable bonds is 2. The lowest BCUT2D eigenvalue weighted by molar-refractivity contribution is 0.137. The molecule has 5 heteroatoms. The third-order valence-electron chi connectivity index (χ3n) is 1.79. The van der Waals surface area contributed by atoms with E-state index in [1.54, 1.807) is 0 Å². The quantitative estimate of drug-likeness (QED) is 0.771. The van der Waals surface area contributed by atoms with Crippen LogP contribution in [-0.2, 0) is 0 Å². The van der Waals surface area contributed by atoms with E-state index in [1.165, 1.54) is 0 Å². The summed E-state index contributed by atoms with van der Waals surface area (Å²) in [4.78, 5) is 8.56. The van der Waals surface area contributed by atoms with Gasteiger partial charge in [0.05, 0.1) is 11.4 Å². The fraction of sp³-hybridized carbons (Fsp3) is 0. The summed E-state index contributed by atoms with van der Waals surface area (Å²) in [7, 11) is 0. The van der Waals surface area contributed by atoms with Crippen LogP contribution in [0.25, 0.3) is 0 Å². The van der Waals surface area contributed by atoms with Crippen molar-refractivity contribution in [1.82, 2.24) is 0 Å². The lowest BCUT2D eigenvalue weighted by Crippen LogP contribution is -1.81. The van der Waals surface area contributed by atoms with Crippen molar-refractivity contribution in [2.75, 3.05) is 0 Å². The average molecular weight is 244 g/mol.